The summed E-state index contributed by atoms with van der Waals surface area (Å²) in [6, 6.07) is 0. The van der Waals surface area contributed by atoms with E-state index >= 15 is 0 Å². The molecule has 0 aromatic rings. The lowest BCUT2D eigenvalue weighted by atomic mass is 9.56. The highest BCUT2D eigenvalue weighted by Gasteiger charge is 2.88. The zero-order chi connectivity index (χ0) is 29.5. The molecule has 0 radical (unpaired) electrons. The standard InChI is InChI=1S/C23H32F12O3/c1-5-9-37-18(20(24,25)26,21(27,28)29)16-14-10-15(13(7-3)12(14)6-2)17(16)19(22(30,31)32,23(33,34)35)38-11-36-8-4/h12-17H,5-11H2,1-4H3. The number of rotatable bonds is 11. The Labute approximate surface area is 212 Å². The molecule has 2 fully saturated rings. The predicted octanol–water partition coefficient (Wildman–Crippen LogP) is 8.08. The number of hydrogen-bond donors (Lipinski definition) is 0. The second-order valence-electron chi connectivity index (χ2n) is 9.82. The molecule has 226 valence electrons. The molecule has 2 bridgehead atoms. The van der Waals surface area contributed by atoms with Crippen LogP contribution in [0.25, 0.3) is 0 Å². The van der Waals surface area contributed by atoms with Gasteiger partial charge in [-0.2, -0.15) is 52.7 Å². The molecule has 6 unspecified atom stereocenters. The fraction of sp³-hybridized carbons (Fsp3) is 1.00. The second kappa shape index (κ2) is 11.1. The van der Waals surface area contributed by atoms with Crippen molar-refractivity contribution in [1.29, 1.82) is 0 Å². The summed E-state index contributed by atoms with van der Waals surface area (Å²) in [6.07, 6.45) is -26.8. The van der Waals surface area contributed by atoms with Gasteiger partial charge in [-0.15, -0.1) is 0 Å². The normalized spacial score (nSPS) is 29.4. The van der Waals surface area contributed by atoms with Crippen LogP contribution in [0.3, 0.4) is 0 Å². The van der Waals surface area contributed by atoms with E-state index in [1.54, 1.807) is 0 Å². The van der Waals surface area contributed by atoms with Crippen molar-refractivity contribution < 1.29 is 66.9 Å². The third kappa shape index (κ3) is 5.01. The van der Waals surface area contributed by atoms with Crippen molar-refractivity contribution in [1.82, 2.24) is 0 Å². The smallest absolute Gasteiger partial charge is 0.358 e. The topological polar surface area (TPSA) is 27.7 Å². The largest absolute Gasteiger partial charge is 0.426 e. The first kappa shape index (κ1) is 33.2. The molecular formula is C23H32F12O3. The van der Waals surface area contributed by atoms with Crippen molar-refractivity contribution in [3.63, 3.8) is 0 Å². The average molecular weight is 584 g/mol. The second-order valence-corrected chi connectivity index (χ2v) is 9.82. The van der Waals surface area contributed by atoms with E-state index in [1.165, 1.54) is 27.7 Å². The molecule has 0 saturated heterocycles. The van der Waals surface area contributed by atoms with Gasteiger partial charge in [-0.3, -0.25) is 0 Å². The number of fused-ring (bicyclic) bond motifs is 2. The van der Waals surface area contributed by atoms with Crippen LogP contribution in [-0.4, -0.2) is 55.9 Å². The van der Waals surface area contributed by atoms with E-state index in [0.29, 0.717) is 0 Å². The Kier molecular flexibility index (Phi) is 9.74. The van der Waals surface area contributed by atoms with Crippen LogP contribution in [0.15, 0.2) is 0 Å². The minimum atomic E-state index is -6.44. The van der Waals surface area contributed by atoms with Gasteiger partial charge < -0.3 is 14.2 Å². The summed E-state index contributed by atoms with van der Waals surface area (Å²) in [6.45, 7) is 1.97. The van der Waals surface area contributed by atoms with Gasteiger partial charge in [0.25, 0.3) is 11.2 Å². The zero-order valence-electron chi connectivity index (χ0n) is 21.2. The van der Waals surface area contributed by atoms with Gasteiger partial charge in [0.2, 0.25) is 0 Å². The first-order valence-electron chi connectivity index (χ1n) is 12.4. The number of hydrogen-bond acceptors (Lipinski definition) is 3. The van der Waals surface area contributed by atoms with Gasteiger partial charge in [-0.05, 0) is 43.4 Å². The predicted molar refractivity (Wildman–Crippen MR) is 110 cm³/mol. The van der Waals surface area contributed by atoms with E-state index in [-0.39, 0.29) is 12.8 Å². The molecule has 0 aromatic carbocycles. The van der Waals surface area contributed by atoms with Crippen molar-refractivity contribution in [2.45, 2.75) is 89.3 Å². The highest BCUT2D eigenvalue weighted by molar-refractivity contribution is 5.21. The molecule has 0 N–H and O–H groups in total. The van der Waals surface area contributed by atoms with Crippen molar-refractivity contribution in [3.05, 3.63) is 0 Å². The van der Waals surface area contributed by atoms with Crippen LogP contribution in [0.1, 0.15) is 53.4 Å². The summed E-state index contributed by atoms with van der Waals surface area (Å²) in [7, 11) is 0. The number of ether oxygens (including phenoxy) is 3. The van der Waals surface area contributed by atoms with Gasteiger partial charge >= 0.3 is 24.7 Å². The zero-order valence-corrected chi connectivity index (χ0v) is 21.2. The fourth-order valence-electron chi connectivity index (χ4n) is 7.06. The number of alkyl halides is 12. The molecule has 2 rings (SSSR count). The molecule has 0 aliphatic heterocycles. The van der Waals surface area contributed by atoms with Crippen LogP contribution in [0.5, 0.6) is 0 Å². The summed E-state index contributed by atoms with van der Waals surface area (Å²) >= 11 is 0. The number of halogens is 12. The SMILES string of the molecule is CCCOC(C1C2CC(C(CC)C2CC)C1C(OCOCC)(C(F)(F)F)C(F)(F)F)(C(F)(F)F)C(F)(F)F. The fourth-order valence-corrected chi connectivity index (χ4v) is 7.06. The third-order valence-electron chi connectivity index (χ3n) is 8.18. The molecular weight excluding hydrogens is 552 g/mol. The third-order valence-corrected chi connectivity index (χ3v) is 8.18. The lowest BCUT2D eigenvalue weighted by Gasteiger charge is -2.55. The molecule has 0 spiro atoms. The Morgan fingerprint density at radius 1 is 0.579 bits per heavy atom. The molecule has 2 aliphatic carbocycles. The Morgan fingerprint density at radius 3 is 1.24 bits per heavy atom. The molecule has 0 aromatic heterocycles. The first-order valence-corrected chi connectivity index (χ1v) is 12.4. The summed E-state index contributed by atoms with van der Waals surface area (Å²) in [5.74, 6) is -12.2. The van der Waals surface area contributed by atoms with Crippen LogP contribution >= 0.6 is 0 Å². The van der Waals surface area contributed by atoms with Crippen molar-refractivity contribution in [3.8, 4) is 0 Å². The molecule has 2 saturated carbocycles. The summed E-state index contributed by atoms with van der Waals surface area (Å²) in [5.41, 5.74) is -10.7. The molecule has 2 aliphatic rings. The van der Waals surface area contributed by atoms with Gasteiger partial charge in [0.05, 0.1) is 0 Å². The van der Waals surface area contributed by atoms with E-state index in [9.17, 15) is 52.7 Å². The van der Waals surface area contributed by atoms with Crippen molar-refractivity contribution >= 4 is 0 Å². The summed E-state index contributed by atoms with van der Waals surface area (Å²) in [5, 5.41) is 0. The van der Waals surface area contributed by atoms with E-state index in [0.717, 1.165) is 0 Å². The Bertz CT molecular complexity index is 746. The highest BCUT2D eigenvalue weighted by Crippen LogP contribution is 2.72. The lowest BCUT2D eigenvalue weighted by molar-refractivity contribution is -0.446. The van der Waals surface area contributed by atoms with Gasteiger partial charge in [-0.25, -0.2) is 0 Å². The molecule has 0 amide bonds. The maximum atomic E-state index is 14.6. The van der Waals surface area contributed by atoms with Gasteiger partial charge in [0.1, 0.15) is 6.79 Å². The molecule has 3 nitrogen and oxygen atoms in total. The van der Waals surface area contributed by atoms with Gasteiger partial charge in [0, 0.05) is 25.0 Å². The monoisotopic (exact) mass is 584 g/mol. The van der Waals surface area contributed by atoms with Crippen LogP contribution in [-0.2, 0) is 14.2 Å². The summed E-state index contributed by atoms with van der Waals surface area (Å²) in [4.78, 5) is 0. The van der Waals surface area contributed by atoms with Crippen LogP contribution in [0.2, 0.25) is 0 Å². The molecule has 6 atom stereocenters. The Balaban J connectivity index is 3.04. The summed E-state index contributed by atoms with van der Waals surface area (Å²) < 4.78 is 188. The van der Waals surface area contributed by atoms with Crippen molar-refractivity contribution in [2.75, 3.05) is 20.0 Å². The lowest BCUT2D eigenvalue weighted by Crippen LogP contribution is -2.73. The van der Waals surface area contributed by atoms with E-state index in [2.05, 4.69) is 14.2 Å². The molecule has 38 heavy (non-hydrogen) atoms. The van der Waals surface area contributed by atoms with E-state index < -0.39 is 104 Å². The Morgan fingerprint density at radius 2 is 0.947 bits per heavy atom. The quantitative estimate of drug-likeness (QED) is 0.140. The van der Waals surface area contributed by atoms with Crippen LogP contribution in [0.4, 0.5) is 52.7 Å². The van der Waals surface area contributed by atoms with Crippen LogP contribution < -0.4 is 0 Å². The maximum absolute atomic E-state index is 14.6. The molecule has 15 heteroatoms. The van der Waals surface area contributed by atoms with E-state index in [1.807, 2.05) is 0 Å². The highest BCUT2D eigenvalue weighted by atomic mass is 19.4. The van der Waals surface area contributed by atoms with Crippen molar-refractivity contribution in [2.24, 2.45) is 35.5 Å². The minimum absolute atomic E-state index is 0.0344. The minimum Gasteiger partial charge on any atom is -0.358 e. The van der Waals surface area contributed by atoms with Crippen LogP contribution in [0, 0.1) is 35.5 Å². The molecule has 0 heterocycles. The maximum Gasteiger partial charge on any atom is 0.426 e. The van der Waals surface area contributed by atoms with E-state index in [4.69, 9.17) is 0 Å². The first-order chi connectivity index (χ1) is 17.2. The Hall–Kier alpha value is -0.960. The average Bonchev–Trinajstić information content (AvgIpc) is 3.29. The van der Waals surface area contributed by atoms with Gasteiger partial charge in [-0.1, -0.05) is 33.6 Å². The van der Waals surface area contributed by atoms with Gasteiger partial charge in [0.15, 0.2) is 0 Å².